The lowest BCUT2D eigenvalue weighted by molar-refractivity contribution is 0.495. The summed E-state index contributed by atoms with van der Waals surface area (Å²) in [6.07, 6.45) is 4.17. The van der Waals surface area contributed by atoms with Crippen molar-refractivity contribution < 1.29 is 0 Å². The first kappa shape index (κ1) is 23.7. The van der Waals surface area contributed by atoms with E-state index in [9.17, 15) is 4.79 Å². The van der Waals surface area contributed by atoms with Gasteiger partial charge in [-0.2, -0.15) is 0 Å². The van der Waals surface area contributed by atoms with Crippen molar-refractivity contribution in [3.8, 4) is 0 Å². The zero-order valence-corrected chi connectivity index (χ0v) is 18.6. The third kappa shape index (κ3) is 4.39. The maximum Gasteiger partial charge on any atom is 0.293 e. The van der Waals surface area contributed by atoms with Gasteiger partial charge in [-0.05, 0) is 26.7 Å². The molecule has 27 heavy (non-hydrogen) atoms. The van der Waals surface area contributed by atoms with Crippen molar-refractivity contribution in [2.45, 2.75) is 39.3 Å². The van der Waals surface area contributed by atoms with Gasteiger partial charge in [-0.1, -0.05) is 23.9 Å². The van der Waals surface area contributed by atoms with Crippen LogP contribution in [0.3, 0.4) is 0 Å². The van der Waals surface area contributed by atoms with Gasteiger partial charge in [0, 0.05) is 39.8 Å². The van der Waals surface area contributed by atoms with Crippen LogP contribution in [0.2, 0.25) is 0 Å². The van der Waals surface area contributed by atoms with Crippen LogP contribution in [0.15, 0.2) is 16.4 Å². The number of halogens is 2. The molecule has 2 N–H and O–H groups in total. The van der Waals surface area contributed by atoms with E-state index in [2.05, 4.69) is 29.4 Å². The minimum atomic E-state index is -0.135. The summed E-state index contributed by atoms with van der Waals surface area (Å²) >= 11 is 5.63. The van der Waals surface area contributed by atoms with Gasteiger partial charge in [0.25, 0.3) is 5.56 Å². The quantitative estimate of drug-likeness (QED) is 0.593. The highest BCUT2D eigenvalue weighted by Gasteiger charge is 2.24. The number of anilines is 1. The lowest BCUT2D eigenvalue weighted by atomic mass is 10.1. The highest BCUT2D eigenvalue weighted by atomic mass is 35.5. The molecule has 2 aromatic heterocycles. The fourth-order valence-corrected chi connectivity index (χ4v) is 3.60. The fourth-order valence-electron chi connectivity index (χ4n) is 3.27. The third-order valence-corrected chi connectivity index (χ3v) is 5.27. The molecule has 10 heteroatoms. The molecule has 1 fully saturated rings. The molecule has 1 atom stereocenters. The van der Waals surface area contributed by atoms with Crippen molar-refractivity contribution in [2.75, 3.05) is 18.0 Å². The lowest BCUT2D eigenvalue weighted by Gasteiger charge is -2.31. The van der Waals surface area contributed by atoms with Gasteiger partial charge in [-0.15, -0.1) is 24.8 Å². The minimum absolute atomic E-state index is 0. The SMILES string of the molecule is CC(C)=CCn1c(N2CCC[C@@H](N)C2)nc2c(=O)n(C)n(C)c(=S)c21.Cl.Cl. The molecule has 0 spiro atoms. The first-order valence-corrected chi connectivity index (χ1v) is 9.02. The van der Waals surface area contributed by atoms with Gasteiger partial charge in [0.2, 0.25) is 5.95 Å². The maximum atomic E-state index is 12.7. The Kier molecular flexibility index (Phi) is 8.10. The summed E-state index contributed by atoms with van der Waals surface area (Å²) in [7, 11) is 3.51. The number of imidazole rings is 1. The number of piperidine rings is 1. The highest BCUT2D eigenvalue weighted by Crippen LogP contribution is 2.24. The zero-order valence-electron chi connectivity index (χ0n) is 16.1. The largest absolute Gasteiger partial charge is 0.341 e. The average Bonchev–Trinajstić information content (AvgIpc) is 2.96. The van der Waals surface area contributed by atoms with Crippen molar-refractivity contribution in [3.63, 3.8) is 0 Å². The Labute approximate surface area is 176 Å². The fraction of sp³-hybridized carbons (Fsp3) is 0.588. The van der Waals surface area contributed by atoms with Gasteiger partial charge >= 0.3 is 0 Å². The Balaban J connectivity index is 0.00000182. The van der Waals surface area contributed by atoms with Gasteiger partial charge in [0.05, 0.1) is 0 Å². The van der Waals surface area contributed by atoms with Crippen molar-refractivity contribution in [1.82, 2.24) is 18.9 Å². The van der Waals surface area contributed by atoms with Crippen molar-refractivity contribution in [3.05, 3.63) is 26.6 Å². The van der Waals surface area contributed by atoms with Gasteiger partial charge < -0.3 is 15.2 Å². The van der Waals surface area contributed by atoms with Crippen LogP contribution in [0.25, 0.3) is 11.0 Å². The van der Waals surface area contributed by atoms with E-state index < -0.39 is 0 Å². The Bertz CT molecular complexity index is 957. The maximum absolute atomic E-state index is 12.7. The Morgan fingerprint density at radius 1 is 1.30 bits per heavy atom. The van der Waals surface area contributed by atoms with Crippen LogP contribution in [0.5, 0.6) is 0 Å². The van der Waals surface area contributed by atoms with Crippen LogP contribution in [0.4, 0.5) is 5.95 Å². The predicted molar refractivity (Wildman–Crippen MR) is 118 cm³/mol. The molecular formula is C17H28Cl2N6OS. The lowest BCUT2D eigenvalue weighted by Crippen LogP contribution is -2.44. The Morgan fingerprint density at radius 3 is 2.56 bits per heavy atom. The Morgan fingerprint density at radius 2 is 1.96 bits per heavy atom. The number of aromatic nitrogens is 4. The number of nitrogens with two attached hydrogens (primary N) is 1. The molecule has 7 nitrogen and oxygen atoms in total. The molecule has 1 aliphatic heterocycles. The second-order valence-electron chi connectivity index (χ2n) is 7.01. The van der Waals surface area contributed by atoms with Gasteiger partial charge in [0.1, 0.15) is 10.2 Å². The number of nitrogens with zero attached hydrogens (tertiary/aromatic N) is 5. The van der Waals surface area contributed by atoms with Crippen LogP contribution in [0, 0.1) is 4.64 Å². The van der Waals surface area contributed by atoms with E-state index in [4.69, 9.17) is 22.9 Å². The molecule has 3 rings (SSSR count). The molecular weight excluding hydrogens is 407 g/mol. The van der Waals surface area contributed by atoms with Gasteiger partial charge in [0.15, 0.2) is 5.52 Å². The second-order valence-corrected chi connectivity index (χ2v) is 7.39. The van der Waals surface area contributed by atoms with E-state index in [-0.39, 0.29) is 36.4 Å². The average molecular weight is 435 g/mol. The van der Waals surface area contributed by atoms with E-state index in [1.54, 1.807) is 18.8 Å². The molecule has 152 valence electrons. The third-order valence-electron chi connectivity index (χ3n) is 4.81. The van der Waals surface area contributed by atoms with Gasteiger partial charge in [-0.3, -0.25) is 14.2 Å². The summed E-state index contributed by atoms with van der Waals surface area (Å²) in [5.74, 6) is 0.789. The van der Waals surface area contributed by atoms with Crippen LogP contribution < -0.4 is 16.2 Å². The monoisotopic (exact) mass is 434 g/mol. The first-order valence-electron chi connectivity index (χ1n) is 8.61. The van der Waals surface area contributed by atoms with E-state index in [0.717, 1.165) is 37.4 Å². The van der Waals surface area contributed by atoms with E-state index in [1.807, 2.05) is 0 Å². The first-order chi connectivity index (χ1) is 11.8. The summed E-state index contributed by atoms with van der Waals surface area (Å²) in [6.45, 7) is 6.39. The van der Waals surface area contributed by atoms with Crippen molar-refractivity contribution in [2.24, 2.45) is 19.8 Å². The second kappa shape index (κ2) is 9.23. The molecule has 0 aliphatic carbocycles. The Hall–Kier alpha value is -1.35. The van der Waals surface area contributed by atoms with Crippen LogP contribution in [0.1, 0.15) is 26.7 Å². The number of hydrogen-bond donors (Lipinski definition) is 1. The molecule has 3 heterocycles. The van der Waals surface area contributed by atoms with Crippen LogP contribution >= 0.6 is 37.0 Å². The zero-order chi connectivity index (χ0) is 18.3. The van der Waals surface area contributed by atoms with Crippen LogP contribution in [-0.2, 0) is 20.6 Å². The minimum Gasteiger partial charge on any atom is -0.341 e. The predicted octanol–water partition coefficient (Wildman–Crippen LogP) is 2.54. The topological polar surface area (TPSA) is 74.0 Å². The summed E-state index contributed by atoms with van der Waals surface area (Å²) in [5.41, 5.74) is 8.39. The number of rotatable bonds is 3. The standard InChI is InChI=1S/C17H26N6OS.2ClH/c1-11(2)7-9-23-14-13(15(24)20(3)21(4)16(14)25)19-17(23)22-8-5-6-12(18)10-22;;/h7,12H,5-6,8-10,18H2,1-4H3;2*1H/t12-;;/m1../s1. The highest BCUT2D eigenvalue weighted by molar-refractivity contribution is 7.71. The molecule has 1 aliphatic rings. The molecule has 0 aromatic carbocycles. The van der Waals surface area contributed by atoms with Crippen LogP contribution in [-0.4, -0.2) is 38.0 Å². The molecule has 0 unspecified atom stereocenters. The number of hydrogen-bond acceptors (Lipinski definition) is 5. The summed E-state index contributed by atoms with van der Waals surface area (Å²) in [6, 6.07) is 0.132. The summed E-state index contributed by atoms with van der Waals surface area (Å²) < 4.78 is 5.88. The van der Waals surface area contributed by atoms with Gasteiger partial charge in [-0.25, -0.2) is 4.98 Å². The summed E-state index contributed by atoms with van der Waals surface area (Å²) in [5, 5.41) is 0. The molecule has 0 bridgehead atoms. The van der Waals surface area contributed by atoms with Crippen molar-refractivity contribution in [1.29, 1.82) is 0 Å². The smallest absolute Gasteiger partial charge is 0.293 e. The summed E-state index contributed by atoms with van der Waals surface area (Å²) in [4.78, 5) is 19.6. The molecule has 0 saturated carbocycles. The van der Waals surface area contributed by atoms with E-state index >= 15 is 0 Å². The molecule has 2 aromatic rings. The molecule has 1 saturated heterocycles. The number of fused-ring (bicyclic) bond motifs is 1. The van der Waals surface area contributed by atoms with E-state index in [1.165, 1.54) is 10.3 Å². The number of allylic oxidation sites excluding steroid dienone is 2. The molecule has 0 amide bonds. The normalized spacial score (nSPS) is 16.6. The van der Waals surface area contributed by atoms with E-state index in [0.29, 0.717) is 16.7 Å². The van der Waals surface area contributed by atoms with Crippen molar-refractivity contribution >= 4 is 54.0 Å². The molecule has 0 radical (unpaired) electrons.